The molecular weight excluding hydrogens is 220 g/mol. The highest BCUT2D eigenvalue weighted by molar-refractivity contribution is 6.33. The summed E-state index contributed by atoms with van der Waals surface area (Å²) in [6.07, 6.45) is 0. The molecule has 0 fully saturated rings. The van der Waals surface area contributed by atoms with Crippen molar-refractivity contribution in [1.82, 2.24) is 0 Å². The molecule has 0 amide bonds. The molecule has 3 heteroatoms. The zero-order valence-corrected chi connectivity index (χ0v) is 11.3. The average Bonchev–Trinajstić information content (AvgIpc) is 2.15. The number of halogens is 1. The number of hydrogen-bond donors (Lipinski definition) is 1. The van der Waals surface area contributed by atoms with Crippen molar-refractivity contribution in [3.05, 3.63) is 28.8 Å². The minimum atomic E-state index is 0.0296. The molecule has 0 unspecified atom stereocenters. The highest BCUT2D eigenvalue weighted by Gasteiger charge is 2.09. The van der Waals surface area contributed by atoms with Crippen LogP contribution in [0.1, 0.15) is 32.4 Å². The fourth-order valence-corrected chi connectivity index (χ4v) is 2.10. The Morgan fingerprint density at radius 3 is 2.38 bits per heavy atom. The Balaban J connectivity index is 2.90. The maximum atomic E-state index is 6.25. The van der Waals surface area contributed by atoms with Crippen molar-refractivity contribution in [3.63, 3.8) is 0 Å². The fraction of sp³-hybridized carbons (Fsp3) is 0.538. The first-order chi connectivity index (χ1) is 7.41. The second kappa shape index (κ2) is 5.55. The lowest BCUT2D eigenvalue weighted by molar-refractivity contribution is 0.638. The van der Waals surface area contributed by atoms with Gasteiger partial charge in [0.25, 0.3) is 0 Å². The van der Waals surface area contributed by atoms with Gasteiger partial charge in [-0.15, -0.1) is 0 Å². The van der Waals surface area contributed by atoms with Crippen LogP contribution < -0.4 is 10.6 Å². The molecule has 1 rings (SSSR count). The summed E-state index contributed by atoms with van der Waals surface area (Å²) in [4.78, 5) is 2.18. The van der Waals surface area contributed by atoms with Gasteiger partial charge in [0.15, 0.2) is 0 Å². The largest absolute Gasteiger partial charge is 0.373 e. The number of nitrogens with zero attached hydrogens (tertiary/aromatic N) is 1. The summed E-state index contributed by atoms with van der Waals surface area (Å²) in [5.74, 6) is 0.620. The van der Waals surface area contributed by atoms with Crippen molar-refractivity contribution in [2.24, 2.45) is 11.7 Å². The molecular formula is C13H21ClN2. The number of rotatable bonds is 4. The summed E-state index contributed by atoms with van der Waals surface area (Å²) in [5, 5.41) is 0.776. The second-order valence-electron chi connectivity index (χ2n) is 4.77. The third-order valence-corrected chi connectivity index (χ3v) is 2.85. The molecule has 0 aliphatic heterocycles. The Labute approximate surface area is 103 Å². The predicted molar refractivity (Wildman–Crippen MR) is 72.2 cm³/mol. The van der Waals surface area contributed by atoms with Gasteiger partial charge in [0.2, 0.25) is 0 Å². The van der Waals surface area contributed by atoms with E-state index in [1.54, 1.807) is 0 Å². The van der Waals surface area contributed by atoms with Crippen molar-refractivity contribution >= 4 is 17.3 Å². The van der Waals surface area contributed by atoms with E-state index in [0.717, 1.165) is 22.8 Å². The van der Waals surface area contributed by atoms with Crippen LogP contribution in [0.15, 0.2) is 18.2 Å². The third kappa shape index (κ3) is 3.39. The van der Waals surface area contributed by atoms with Crippen LogP contribution in [-0.2, 0) is 0 Å². The van der Waals surface area contributed by atoms with E-state index in [9.17, 15) is 0 Å². The minimum absolute atomic E-state index is 0.0296. The second-order valence-corrected chi connectivity index (χ2v) is 5.18. The number of nitrogens with two attached hydrogens (primary N) is 1. The first kappa shape index (κ1) is 13.3. The molecule has 0 bridgehead atoms. The molecule has 2 N–H and O–H groups in total. The predicted octanol–water partition coefficient (Wildman–Crippen LogP) is 3.45. The average molecular weight is 241 g/mol. The molecule has 0 radical (unpaired) electrons. The first-order valence-electron chi connectivity index (χ1n) is 5.68. The van der Waals surface area contributed by atoms with E-state index in [2.05, 4.69) is 25.8 Å². The third-order valence-electron chi connectivity index (χ3n) is 2.55. The van der Waals surface area contributed by atoms with Gasteiger partial charge in [-0.1, -0.05) is 31.5 Å². The molecule has 0 saturated carbocycles. The Morgan fingerprint density at radius 1 is 1.31 bits per heavy atom. The minimum Gasteiger partial charge on any atom is -0.373 e. The van der Waals surface area contributed by atoms with Gasteiger partial charge >= 0.3 is 0 Å². The Kier molecular flexibility index (Phi) is 4.63. The normalized spacial score (nSPS) is 12.9. The molecule has 90 valence electrons. The van der Waals surface area contributed by atoms with Crippen molar-refractivity contribution in [1.29, 1.82) is 0 Å². The van der Waals surface area contributed by atoms with E-state index < -0.39 is 0 Å². The molecule has 0 heterocycles. The van der Waals surface area contributed by atoms with E-state index >= 15 is 0 Å². The fourth-order valence-electron chi connectivity index (χ4n) is 1.76. The Morgan fingerprint density at radius 2 is 1.94 bits per heavy atom. The highest BCUT2D eigenvalue weighted by atomic mass is 35.5. The standard InChI is InChI=1S/C13H21ClN2/c1-9(2)8-16(4)13-6-5-11(10(3)15)7-12(13)14/h5-7,9-10H,8,15H2,1-4H3/t10-/m0/s1. The number of benzene rings is 1. The van der Waals surface area contributed by atoms with Crippen molar-refractivity contribution in [2.75, 3.05) is 18.5 Å². The van der Waals surface area contributed by atoms with Crippen molar-refractivity contribution in [2.45, 2.75) is 26.8 Å². The van der Waals surface area contributed by atoms with Crippen LogP contribution in [-0.4, -0.2) is 13.6 Å². The first-order valence-corrected chi connectivity index (χ1v) is 6.05. The summed E-state index contributed by atoms with van der Waals surface area (Å²) >= 11 is 6.25. The lowest BCUT2D eigenvalue weighted by Crippen LogP contribution is -2.22. The molecule has 0 spiro atoms. The Bertz CT molecular complexity index is 348. The maximum Gasteiger partial charge on any atom is 0.0642 e. The summed E-state index contributed by atoms with van der Waals surface area (Å²) in [7, 11) is 2.06. The van der Waals surface area contributed by atoms with E-state index in [1.165, 1.54) is 0 Å². The van der Waals surface area contributed by atoms with Gasteiger partial charge in [-0.3, -0.25) is 0 Å². The zero-order valence-electron chi connectivity index (χ0n) is 10.5. The van der Waals surface area contributed by atoms with Crippen LogP contribution in [0, 0.1) is 5.92 Å². The summed E-state index contributed by atoms with van der Waals surface area (Å²) < 4.78 is 0. The quantitative estimate of drug-likeness (QED) is 0.874. The van der Waals surface area contributed by atoms with Gasteiger partial charge in [-0.05, 0) is 30.5 Å². The van der Waals surface area contributed by atoms with Crippen LogP contribution in [0.3, 0.4) is 0 Å². The summed E-state index contributed by atoms with van der Waals surface area (Å²) in [6, 6.07) is 6.08. The molecule has 1 aromatic carbocycles. The highest BCUT2D eigenvalue weighted by Crippen LogP contribution is 2.28. The van der Waals surface area contributed by atoms with Crippen LogP contribution >= 0.6 is 11.6 Å². The van der Waals surface area contributed by atoms with Gasteiger partial charge in [-0.25, -0.2) is 0 Å². The van der Waals surface area contributed by atoms with E-state index in [4.69, 9.17) is 17.3 Å². The van der Waals surface area contributed by atoms with E-state index in [0.29, 0.717) is 5.92 Å². The SMILES string of the molecule is CC(C)CN(C)c1ccc([C@H](C)N)cc1Cl. The molecule has 2 nitrogen and oxygen atoms in total. The summed E-state index contributed by atoms with van der Waals surface area (Å²) in [5.41, 5.74) is 7.96. The van der Waals surface area contributed by atoms with Gasteiger partial charge in [-0.2, -0.15) is 0 Å². The Hall–Kier alpha value is -0.730. The monoisotopic (exact) mass is 240 g/mol. The lowest BCUT2D eigenvalue weighted by Gasteiger charge is -2.23. The molecule has 16 heavy (non-hydrogen) atoms. The number of hydrogen-bond acceptors (Lipinski definition) is 2. The van der Waals surface area contributed by atoms with E-state index in [1.807, 2.05) is 25.1 Å². The van der Waals surface area contributed by atoms with Gasteiger partial charge in [0.1, 0.15) is 0 Å². The van der Waals surface area contributed by atoms with Gasteiger partial charge in [0.05, 0.1) is 10.7 Å². The molecule has 1 aromatic rings. The smallest absolute Gasteiger partial charge is 0.0642 e. The van der Waals surface area contributed by atoms with Crippen molar-refractivity contribution in [3.8, 4) is 0 Å². The van der Waals surface area contributed by atoms with Crippen LogP contribution in [0.4, 0.5) is 5.69 Å². The van der Waals surface area contributed by atoms with Crippen LogP contribution in [0.25, 0.3) is 0 Å². The van der Waals surface area contributed by atoms with E-state index in [-0.39, 0.29) is 6.04 Å². The van der Waals surface area contributed by atoms with Crippen molar-refractivity contribution < 1.29 is 0 Å². The van der Waals surface area contributed by atoms with Gasteiger partial charge in [0, 0.05) is 19.6 Å². The van der Waals surface area contributed by atoms with Crippen LogP contribution in [0.2, 0.25) is 5.02 Å². The molecule has 0 aromatic heterocycles. The number of anilines is 1. The molecule has 0 aliphatic rings. The van der Waals surface area contributed by atoms with Crippen LogP contribution in [0.5, 0.6) is 0 Å². The topological polar surface area (TPSA) is 29.3 Å². The maximum absolute atomic E-state index is 6.25. The molecule has 0 aliphatic carbocycles. The zero-order chi connectivity index (χ0) is 12.3. The summed E-state index contributed by atoms with van der Waals surface area (Å²) in [6.45, 7) is 7.35. The lowest BCUT2D eigenvalue weighted by atomic mass is 10.1. The van der Waals surface area contributed by atoms with Gasteiger partial charge < -0.3 is 10.6 Å². The molecule has 0 saturated heterocycles. The molecule has 1 atom stereocenters.